The van der Waals surface area contributed by atoms with E-state index in [4.69, 9.17) is 0 Å². The molecule has 1 atom stereocenters. The molecule has 3 rings (SSSR count). The highest BCUT2D eigenvalue weighted by molar-refractivity contribution is 9.10. The van der Waals surface area contributed by atoms with Crippen molar-refractivity contribution in [1.29, 1.82) is 0 Å². The molecule has 3 nitrogen and oxygen atoms in total. The summed E-state index contributed by atoms with van der Waals surface area (Å²) in [6, 6.07) is 14.2. The van der Waals surface area contributed by atoms with Gasteiger partial charge in [-0.1, -0.05) is 34.1 Å². The second kappa shape index (κ2) is 7.90. The number of benzene rings is 2. The van der Waals surface area contributed by atoms with E-state index >= 15 is 0 Å². The molecule has 126 valence electrons. The van der Waals surface area contributed by atoms with E-state index in [1.54, 1.807) is 12.1 Å². The average molecular weight is 391 g/mol. The fraction of sp³-hybridized carbons (Fsp3) is 0.316. The number of anilines is 1. The third kappa shape index (κ3) is 4.65. The van der Waals surface area contributed by atoms with Gasteiger partial charge in [0.25, 0.3) is 0 Å². The number of amides is 1. The number of carbonyl (C=O) groups excluding carboxylic acids is 1. The predicted octanol–water partition coefficient (Wildman–Crippen LogP) is 4.44. The number of hydrogen-bond acceptors (Lipinski definition) is 2. The molecular weight excluding hydrogens is 371 g/mol. The number of rotatable bonds is 4. The molecule has 1 saturated heterocycles. The Kier molecular flexibility index (Phi) is 5.63. The summed E-state index contributed by atoms with van der Waals surface area (Å²) >= 11 is 3.41. The van der Waals surface area contributed by atoms with E-state index in [0.29, 0.717) is 0 Å². The topological polar surface area (TPSA) is 32.3 Å². The first-order chi connectivity index (χ1) is 11.6. The highest BCUT2D eigenvalue weighted by Gasteiger charge is 2.25. The molecule has 0 aromatic heterocycles. The van der Waals surface area contributed by atoms with Crippen LogP contribution in [0.5, 0.6) is 0 Å². The molecule has 0 bridgehead atoms. The number of hydrogen-bond donors (Lipinski definition) is 1. The van der Waals surface area contributed by atoms with Crippen LogP contribution >= 0.6 is 15.9 Å². The maximum absolute atomic E-state index is 13.0. The third-order valence-corrected chi connectivity index (χ3v) is 4.78. The van der Waals surface area contributed by atoms with Crippen LogP contribution in [-0.4, -0.2) is 23.9 Å². The number of halogens is 2. The molecule has 1 heterocycles. The number of nitrogens with zero attached hydrogens (tertiary/aromatic N) is 1. The summed E-state index contributed by atoms with van der Waals surface area (Å²) < 4.78 is 13.9. The molecule has 24 heavy (non-hydrogen) atoms. The van der Waals surface area contributed by atoms with Gasteiger partial charge in [0.1, 0.15) is 5.82 Å². The molecular formula is C19H20BrFN2O. The lowest BCUT2D eigenvalue weighted by Gasteiger charge is -2.32. The van der Waals surface area contributed by atoms with Crippen molar-refractivity contribution in [3.63, 3.8) is 0 Å². The predicted molar refractivity (Wildman–Crippen MR) is 97.2 cm³/mol. The van der Waals surface area contributed by atoms with Crippen LogP contribution in [-0.2, 0) is 11.3 Å². The van der Waals surface area contributed by atoms with Gasteiger partial charge in [0.15, 0.2) is 0 Å². The van der Waals surface area contributed by atoms with Crippen molar-refractivity contribution in [2.75, 3.05) is 18.4 Å². The Balaban J connectivity index is 1.58. The zero-order valence-corrected chi connectivity index (χ0v) is 14.9. The molecule has 1 aliphatic rings. The van der Waals surface area contributed by atoms with Crippen molar-refractivity contribution in [2.45, 2.75) is 19.4 Å². The van der Waals surface area contributed by atoms with Crippen molar-refractivity contribution >= 4 is 27.5 Å². The van der Waals surface area contributed by atoms with Crippen LogP contribution in [0.2, 0.25) is 0 Å². The minimum atomic E-state index is -0.219. The van der Waals surface area contributed by atoms with Gasteiger partial charge in [0, 0.05) is 23.2 Å². The maximum Gasteiger partial charge on any atom is 0.228 e. The quantitative estimate of drug-likeness (QED) is 0.836. The summed E-state index contributed by atoms with van der Waals surface area (Å²) in [5.41, 5.74) is 1.88. The minimum Gasteiger partial charge on any atom is -0.326 e. The van der Waals surface area contributed by atoms with Gasteiger partial charge in [-0.15, -0.1) is 0 Å². The van der Waals surface area contributed by atoms with Crippen molar-refractivity contribution in [2.24, 2.45) is 5.92 Å². The molecule has 0 radical (unpaired) electrons. The van der Waals surface area contributed by atoms with Gasteiger partial charge >= 0.3 is 0 Å². The number of nitrogens with one attached hydrogen (secondary N) is 1. The molecule has 0 spiro atoms. The molecule has 1 N–H and O–H groups in total. The Morgan fingerprint density at radius 3 is 2.79 bits per heavy atom. The summed E-state index contributed by atoms with van der Waals surface area (Å²) in [6.07, 6.45) is 1.90. The normalized spacial score (nSPS) is 18.3. The summed E-state index contributed by atoms with van der Waals surface area (Å²) in [7, 11) is 0. The van der Waals surface area contributed by atoms with E-state index in [-0.39, 0.29) is 17.6 Å². The lowest BCUT2D eigenvalue weighted by Crippen LogP contribution is -2.40. The first-order valence-corrected chi connectivity index (χ1v) is 8.93. The Labute approximate surface area is 150 Å². The summed E-state index contributed by atoms with van der Waals surface area (Å²) in [5, 5.41) is 3.00. The average Bonchev–Trinajstić information content (AvgIpc) is 2.57. The maximum atomic E-state index is 13.0. The fourth-order valence-corrected chi connectivity index (χ4v) is 3.47. The monoisotopic (exact) mass is 390 g/mol. The molecule has 0 saturated carbocycles. The van der Waals surface area contributed by atoms with Crippen LogP contribution < -0.4 is 5.32 Å². The van der Waals surface area contributed by atoms with Crippen LogP contribution in [0.4, 0.5) is 10.1 Å². The summed E-state index contributed by atoms with van der Waals surface area (Å²) in [5.74, 6) is -0.168. The zero-order chi connectivity index (χ0) is 16.9. The fourth-order valence-electron chi connectivity index (χ4n) is 3.07. The molecule has 2 aromatic carbocycles. The highest BCUT2D eigenvalue weighted by Crippen LogP contribution is 2.22. The molecule has 0 unspecified atom stereocenters. The Hall–Kier alpha value is -1.72. The second-order valence-electron chi connectivity index (χ2n) is 6.20. The van der Waals surface area contributed by atoms with E-state index in [1.165, 1.54) is 12.1 Å². The van der Waals surface area contributed by atoms with Gasteiger partial charge in [-0.25, -0.2) is 4.39 Å². The molecule has 1 fully saturated rings. The molecule has 1 aliphatic heterocycles. The van der Waals surface area contributed by atoms with Crippen LogP contribution in [0.25, 0.3) is 0 Å². The van der Waals surface area contributed by atoms with Crippen molar-refractivity contribution in [3.05, 3.63) is 64.4 Å². The SMILES string of the molecule is O=C(Nc1cccc(Br)c1)[C@H]1CCCN(Cc2ccc(F)cc2)C1. The standard InChI is InChI=1S/C19H20BrFN2O/c20-16-4-1-5-18(11-16)22-19(24)15-3-2-10-23(13-15)12-14-6-8-17(21)9-7-14/h1,4-9,11,15H,2-3,10,12-13H2,(H,22,24)/t15-/m0/s1. The van der Waals surface area contributed by atoms with Crippen LogP contribution in [0, 0.1) is 11.7 Å². The van der Waals surface area contributed by atoms with E-state index in [1.807, 2.05) is 24.3 Å². The van der Waals surface area contributed by atoms with Gasteiger partial charge in [0.05, 0.1) is 5.92 Å². The van der Waals surface area contributed by atoms with E-state index in [0.717, 1.165) is 48.2 Å². The van der Waals surface area contributed by atoms with E-state index in [2.05, 4.69) is 26.1 Å². The molecule has 5 heteroatoms. The lowest BCUT2D eigenvalue weighted by molar-refractivity contribution is -0.121. The van der Waals surface area contributed by atoms with Crippen molar-refractivity contribution in [3.8, 4) is 0 Å². The van der Waals surface area contributed by atoms with E-state index < -0.39 is 0 Å². The van der Waals surface area contributed by atoms with Crippen LogP contribution in [0.3, 0.4) is 0 Å². The van der Waals surface area contributed by atoms with Crippen LogP contribution in [0.15, 0.2) is 53.0 Å². The van der Waals surface area contributed by atoms with Gasteiger partial charge in [-0.2, -0.15) is 0 Å². The van der Waals surface area contributed by atoms with Crippen LogP contribution in [0.1, 0.15) is 18.4 Å². The molecule has 1 amide bonds. The van der Waals surface area contributed by atoms with Crippen molar-refractivity contribution < 1.29 is 9.18 Å². The smallest absolute Gasteiger partial charge is 0.228 e. The van der Waals surface area contributed by atoms with Gasteiger partial charge < -0.3 is 5.32 Å². The van der Waals surface area contributed by atoms with Gasteiger partial charge in [-0.05, 0) is 55.3 Å². The largest absolute Gasteiger partial charge is 0.326 e. The molecule has 2 aromatic rings. The number of carbonyl (C=O) groups is 1. The summed E-state index contributed by atoms with van der Waals surface area (Å²) in [6.45, 7) is 2.45. The van der Waals surface area contributed by atoms with Gasteiger partial charge in [0.2, 0.25) is 5.91 Å². The van der Waals surface area contributed by atoms with E-state index in [9.17, 15) is 9.18 Å². The Morgan fingerprint density at radius 2 is 2.04 bits per heavy atom. The number of piperidine rings is 1. The Morgan fingerprint density at radius 1 is 1.25 bits per heavy atom. The zero-order valence-electron chi connectivity index (χ0n) is 13.3. The highest BCUT2D eigenvalue weighted by atomic mass is 79.9. The lowest BCUT2D eigenvalue weighted by atomic mass is 9.96. The van der Waals surface area contributed by atoms with Gasteiger partial charge in [-0.3, -0.25) is 9.69 Å². The van der Waals surface area contributed by atoms with Crippen molar-refractivity contribution in [1.82, 2.24) is 4.90 Å². The number of likely N-dealkylation sites (tertiary alicyclic amines) is 1. The summed E-state index contributed by atoms with van der Waals surface area (Å²) in [4.78, 5) is 14.8. The second-order valence-corrected chi connectivity index (χ2v) is 7.12. The third-order valence-electron chi connectivity index (χ3n) is 4.29. The first kappa shape index (κ1) is 17.1. The first-order valence-electron chi connectivity index (χ1n) is 8.13. The minimum absolute atomic E-state index is 0.0156. The Bertz CT molecular complexity index is 705. The molecule has 0 aliphatic carbocycles.